The molecule has 0 saturated carbocycles. The van der Waals surface area contributed by atoms with Gasteiger partial charge in [-0.1, -0.05) is 42.5 Å². The van der Waals surface area contributed by atoms with E-state index in [0.29, 0.717) is 19.4 Å². The molecule has 1 unspecified atom stereocenters. The van der Waals surface area contributed by atoms with Crippen molar-refractivity contribution in [2.24, 2.45) is 0 Å². The highest BCUT2D eigenvalue weighted by molar-refractivity contribution is 5.77. The Morgan fingerprint density at radius 2 is 1.88 bits per heavy atom. The van der Waals surface area contributed by atoms with Crippen LogP contribution in [0.15, 0.2) is 60.9 Å². The zero-order valence-corrected chi connectivity index (χ0v) is 14.1. The fourth-order valence-corrected chi connectivity index (χ4v) is 2.98. The summed E-state index contributed by atoms with van der Waals surface area (Å²) in [7, 11) is 0. The Hall–Kier alpha value is -2.66. The highest BCUT2D eigenvalue weighted by Gasteiger charge is 2.14. The Morgan fingerprint density at radius 1 is 1.12 bits per heavy atom. The highest BCUT2D eigenvalue weighted by Crippen LogP contribution is 2.18. The lowest BCUT2D eigenvalue weighted by atomic mass is 10.0. The average Bonchev–Trinajstić information content (AvgIpc) is 3.07. The van der Waals surface area contributed by atoms with Crippen LogP contribution in [0.1, 0.15) is 30.9 Å². The Morgan fingerprint density at radius 3 is 2.68 bits per heavy atom. The van der Waals surface area contributed by atoms with Gasteiger partial charge in [0.05, 0.1) is 23.4 Å². The smallest absolute Gasteiger partial charge is 0.222 e. The number of amides is 1. The van der Waals surface area contributed by atoms with Crippen LogP contribution in [-0.4, -0.2) is 27.2 Å². The number of imidazole rings is 1. The minimum absolute atomic E-state index is 0.00424. The predicted octanol–water partition coefficient (Wildman–Crippen LogP) is 3.06. The number of fused-ring (bicyclic) bond motifs is 1. The van der Waals surface area contributed by atoms with Crippen molar-refractivity contribution in [3.05, 3.63) is 66.5 Å². The molecule has 25 heavy (non-hydrogen) atoms. The van der Waals surface area contributed by atoms with Crippen LogP contribution < -0.4 is 5.32 Å². The molecule has 5 heteroatoms. The summed E-state index contributed by atoms with van der Waals surface area (Å²) in [4.78, 5) is 16.8. The number of rotatable bonds is 8. The molecule has 0 saturated heterocycles. The van der Waals surface area contributed by atoms with E-state index >= 15 is 0 Å². The van der Waals surface area contributed by atoms with Gasteiger partial charge in [-0.2, -0.15) is 0 Å². The van der Waals surface area contributed by atoms with E-state index in [0.717, 1.165) is 23.0 Å². The molecule has 1 amide bonds. The molecule has 1 aromatic heterocycles. The lowest BCUT2D eigenvalue weighted by Gasteiger charge is -2.19. The molecule has 0 radical (unpaired) electrons. The van der Waals surface area contributed by atoms with Crippen molar-refractivity contribution in [1.29, 1.82) is 0 Å². The second-order valence-corrected chi connectivity index (χ2v) is 6.07. The first-order valence-electron chi connectivity index (χ1n) is 8.63. The van der Waals surface area contributed by atoms with Gasteiger partial charge in [-0.3, -0.25) is 4.79 Å². The minimum Gasteiger partial charge on any atom is -0.396 e. The van der Waals surface area contributed by atoms with Crippen molar-refractivity contribution in [1.82, 2.24) is 14.9 Å². The summed E-state index contributed by atoms with van der Waals surface area (Å²) in [5, 5.41) is 12.2. The van der Waals surface area contributed by atoms with Crippen LogP contribution in [0, 0.1) is 0 Å². The van der Waals surface area contributed by atoms with E-state index < -0.39 is 0 Å². The number of hydrogen-bond donors (Lipinski definition) is 2. The quantitative estimate of drug-likeness (QED) is 0.664. The first kappa shape index (κ1) is 17.2. The number of aromatic nitrogens is 2. The molecule has 0 aliphatic heterocycles. The standard InChI is InChI=1S/C20H23N3O2/c24-14-6-10-17(16-7-2-1-3-8-16)22-20(25)12-13-23-15-21-18-9-4-5-11-19(18)23/h1-5,7-9,11,15,17,24H,6,10,12-14H2,(H,22,25). The lowest BCUT2D eigenvalue weighted by Crippen LogP contribution is -2.29. The number of nitrogens with one attached hydrogen (secondary N) is 1. The van der Waals surface area contributed by atoms with Crippen molar-refractivity contribution < 1.29 is 9.90 Å². The molecule has 1 atom stereocenters. The van der Waals surface area contributed by atoms with Gasteiger partial charge in [0, 0.05) is 19.6 Å². The van der Waals surface area contributed by atoms with Gasteiger partial charge >= 0.3 is 0 Å². The molecular weight excluding hydrogens is 314 g/mol. The second kappa shape index (κ2) is 8.44. The maximum atomic E-state index is 12.4. The number of carbonyl (C=O) groups is 1. The lowest BCUT2D eigenvalue weighted by molar-refractivity contribution is -0.122. The van der Waals surface area contributed by atoms with Crippen molar-refractivity contribution in [2.75, 3.05) is 6.61 Å². The summed E-state index contributed by atoms with van der Waals surface area (Å²) in [5.74, 6) is 0.00424. The van der Waals surface area contributed by atoms with Crippen LogP contribution in [-0.2, 0) is 11.3 Å². The van der Waals surface area contributed by atoms with Crippen LogP contribution in [0.3, 0.4) is 0 Å². The van der Waals surface area contributed by atoms with Gasteiger partial charge in [0.15, 0.2) is 0 Å². The number of hydrogen-bond acceptors (Lipinski definition) is 3. The predicted molar refractivity (Wildman–Crippen MR) is 98.0 cm³/mol. The van der Waals surface area contributed by atoms with Crippen LogP contribution >= 0.6 is 0 Å². The summed E-state index contributed by atoms with van der Waals surface area (Å²) in [6.07, 6.45) is 3.55. The monoisotopic (exact) mass is 337 g/mol. The van der Waals surface area contributed by atoms with E-state index in [-0.39, 0.29) is 18.6 Å². The van der Waals surface area contributed by atoms with Crippen LogP contribution in [0.5, 0.6) is 0 Å². The zero-order chi connectivity index (χ0) is 17.5. The van der Waals surface area contributed by atoms with Crippen LogP contribution in [0.4, 0.5) is 0 Å². The van der Waals surface area contributed by atoms with Gasteiger partial charge in [0.2, 0.25) is 5.91 Å². The zero-order valence-electron chi connectivity index (χ0n) is 14.1. The van der Waals surface area contributed by atoms with Gasteiger partial charge in [0.25, 0.3) is 0 Å². The molecule has 1 heterocycles. The summed E-state index contributed by atoms with van der Waals surface area (Å²) in [6, 6.07) is 17.7. The summed E-state index contributed by atoms with van der Waals surface area (Å²) in [5.41, 5.74) is 3.04. The molecule has 0 aliphatic carbocycles. The summed E-state index contributed by atoms with van der Waals surface area (Å²) < 4.78 is 2.00. The molecule has 0 spiro atoms. The highest BCUT2D eigenvalue weighted by atomic mass is 16.3. The van der Waals surface area contributed by atoms with E-state index in [1.165, 1.54) is 0 Å². The van der Waals surface area contributed by atoms with Crippen molar-refractivity contribution in [3.63, 3.8) is 0 Å². The number of para-hydroxylation sites is 2. The number of aliphatic hydroxyl groups is 1. The molecule has 2 N–H and O–H groups in total. The van der Waals surface area contributed by atoms with E-state index in [1.54, 1.807) is 6.33 Å². The normalized spacial score (nSPS) is 12.2. The molecule has 0 bridgehead atoms. The minimum atomic E-state index is -0.0691. The third kappa shape index (κ3) is 4.45. The first-order chi connectivity index (χ1) is 12.3. The molecular formula is C20H23N3O2. The maximum Gasteiger partial charge on any atom is 0.222 e. The molecule has 0 fully saturated rings. The van der Waals surface area contributed by atoms with E-state index in [9.17, 15) is 4.79 Å². The SMILES string of the molecule is O=C(CCn1cnc2ccccc21)NC(CCCO)c1ccccc1. The van der Waals surface area contributed by atoms with Gasteiger partial charge in [-0.05, 0) is 30.5 Å². The van der Waals surface area contributed by atoms with Crippen LogP contribution in [0.2, 0.25) is 0 Å². The van der Waals surface area contributed by atoms with Crippen molar-refractivity contribution >= 4 is 16.9 Å². The number of aliphatic hydroxyl groups excluding tert-OH is 1. The molecule has 130 valence electrons. The third-order valence-corrected chi connectivity index (χ3v) is 4.30. The average molecular weight is 337 g/mol. The van der Waals surface area contributed by atoms with Crippen molar-refractivity contribution in [3.8, 4) is 0 Å². The molecule has 5 nitrogen and oxygen atoms in total. The van der Waals surface area contributed by atoms with Gasteiger partial charge in [-0.15, -0.1) is 0 Å². The van der Waals surface area contributed by atoms with E-state index in [2.05, 4.69) is 10.3 Å². The largest absolute Gasteiger partial charge is 0.396 e. The fraction of sp³-hybridized carbons (Fsp3) is 0.300. The Balaban J connectivity index is 1.61. The van der Waals surface area contributed by atoms with Crippen LogP contribution in [0.25, 0.3) is 11.0 Å². The fourth-order valence-electron chi connectivity index (χ4n) is 2.98. The summed E-state index contributed by atoms with van der Waals surface area (Å²) >= 11 is 0. The Labute approximate surface area is 147 Å². The number of carbonyl (C=O) groups excluding carboxylic acids is 1. The Kier molecular flexibility index (Phi) is 5.80. The topological polar surface area (TPSA) is 67.2 Å². The van der Waals surface area contributed by atoms with E-state index in [4.69, 9.17) is 5.11 Å². The second-order valence-electron chi connectivity index (χ2n) is 6.07. The third-order valence-electron chi connectivity index (χ3n) is 4.30. The van der Waals surface area contributed by atoms with Gasteiger partial charge in [-0.25, -0.2) is 4.98 Å². The van der Waals surface area contributed by atoms with Gasteiger partial charge < -0.3 is 15.0 Å². The number of aryl methyl sites for hydroxylation is 1. The van der Waals surface area contributed by atoms with E-state index in [1.807, 2.05) is 59.2 Å². The molecule has 2 aromatic carbocycles. The summed E-state index contributed by atoms with van der Waals surface area (Å²) in [6.45, 7) is 0.716. The van der Waals surface area contributed by atoms with Crippen molar-refractivity contribution in [2.45, 2.75) is 31.8 Å². The maximum absolute atomic E-state index is 12.4. The molecule has 3 rings (SSSR count). The van der Waals surface area contributed by atoms with Gasteiger partial charge in [0.1, 0.15) is 0 Å². The first-order valence-corrected chi connectivity index (χ1v) is 8.63. The number of nitrogens with zero attached hydrogens (tertiary/aromatic N) is 2. The molecule has 0 aliphatic rings. The number of benzene rings is 2. The molecule has 3 aromatic rings. The Bertz CT molecular complexity index is 814.